The van der Waals surface area contributed by atoms with Crippen LogP contribution in [0.15, 0.2) is 51.4 Å². The van der Waals surface area contributed by atoms with Crippen molar-refractivity contribution in [2.75, 3.05) is 7.11 Å². The predicted octanol–water partition coefficient (Wildman–Crippen LogP) is 4.23. The molecule has 5 nitrogen and oxygen atoms in total. The Hall–Kier alpha value is -2.41. The standard InChI is InChI=1S/C16H12BrFN2O3/c1-21-12-5-2-10(3-6-12)16-20-19-15(23-16)9-22-14-7-4-11(17)8-13(14)18/h2-8H,9H2,1H3. The minimum atomic E-state index is -0.464. The zero-order valence-electron chi connectivity index (χ0n) is 12.1. The van der Waals surface area contributed by atoms with Gasteiger partial charge in [0.25, 0.3) is 5.89 Å². The van der Waals surface area contributed by atoms with Gasteiger partial charge in [0, 0.05) is 10.0 Å². The molecule has 0 aliphatic heterocycles. The monoisotopic (exact) mass is 378 g/mol. The fourth-order valence-electron chi connectivity index (χ4n) is 1.89. The zero-order valence-corrected chi connectivity index (χ0v) is 13.7. The molecule has 0 N–H and O–H groups in total. The number of rotatable bonds is 5. The number of nitrogens with zero attached hydrogens (tertiary/aromatic N) is 2. The van der Waals surface area contributed by atoms with Crippen molar-refractivity contribution < 1.29 is 18.3 Å². The molecule has 0 atom stereocenters. The Balaban J connectivity index is 1.69. The third kappa shape index (κ3) is 3.68. The van der Waals surface area contributed by atoms with Crippen molar-refractivity contribution in [2.45, 2.75) is 6.61 Å². The van der Waals surface area contributed by atoms with Crippen molar-refractivity contribution in [3.8, 4) is 23.0 Å². The molecule has 0 radical (unpaired) electrons. The van der Waals surface area contributed by atoms with Crippen LogP contribution in [0.4, 0.5) is 4.39 Å². The molecule has 0 aliphatic rings. The summed E-state index contributed by atoms with van der Waals surface area (Å²) in [6.07, 6.45) is 0. The highest BCUT2D eigenvalue weighted by Crippen LogP contribution is 2.24. The van der Waals surface area contributed by atoms with E-state index >= 15 is 0 Å². The molecule has 0 aliphatic carbocycles. The summed E-state index contributed by atoms with van der Waals surface area (Å²) in [5.41, 5.74) is 0.763. The first-order valence-electron chi connectivity index (χ1n) is 6.70. The molecule has 7 heteroatoms. The van der Waals surface area contributed by atoms with Crippen LogP contribution in [0.5, 0.6) is 11.5 Å². The Morgan fingerprint density at radius 3 is 2.61 bits per heavy atom. The van der Waals surface area contributed by atoms with Crippen LogP contribution in [0.1, 0.15) is 5.89 Å². The smallest absolute Gasteiger partial charge is 0.254 e. The number of benzene rings is 2. The van der Waals surface area contributed by atoms with E-state index in [0.29, 0.717) is 10.4 Å². The summed E-state index contributed by atoms with van der Waals surface area (Å²) in [6, 6.07) is 11.8. The second-order valence-electron chi connectivity index (χ2n) is 4.59. The molecule has 0 fully saturated rings. The number of hydrogen-bond acceptors (Lipinski definition) is 5. The van der Waals surface area contributed by atoms with E-state index < -0.39 is 5.82 Å². The third-order valence-electron chi connectivity index (χ3n) is 3.05. The first-order chi connectivity index (χ1) is 11.2. The molecule has 0 unspecified atom stereocenters. The van der Waals surface area contributed by atoms with Crippen LogP contribution in [0, 0.1) is 5.82 Å². The number of hydrogen-bond donors (Lipinski definition) is 0. The van der Waals surface area contributed by atoms with Gasteiger partial charge in [-0.05, 0) is 42.5 Å². The number of halogens is 2. The first-order valence-corrected chi connectivity index (χ1v) is 7.49. The van der Waals surface area contributed by atoms with Crippen LogP contribution in [-0.4, -0.2) is 17.3 Å². The average molecular weight is 379 g/mol. The van der Waals surface area contributed by atoms with Crippen molar-refractivity contribution >= 4 is 15.9 Å². The molecule has 0 saturated carbocycles. The van der Waals surface area contributed by atoms with Gasteiger partial charge in [0.05, 0.1) is 7.11 Å². The molecule has 23 heavy (non-hydrogen) atoms. The summed E-state index contributed by atoms with van der Waals surface area (Å²) in [5, 5.41) is 7.84. The van der Waals surface area contributed by atoms with E-state index in [1.54, 1.807) is 25.3 Å². The second-order valence-corrected chi connectivity index (χ2v) is 5.51. The van der Waals surface area contributed by atoms with E-state index in [4.69, 9.17) is 13.9 Å². The molecule has 1 aromatic heterocycles. The lowest BCUT2D eigenvalue weighted by molar-refractivity contribution is 0.253. The normalized spacial score (nSPS) is 10.6. The summed E-state index contributed by atoms with van der Waals surface area (Å²) < 4.78 is 30.3. The molecule has 0 amide bonds. The summed E-state index contributed by atoms with van der Waals surface area (Å²) in [7, 11) is 1.60. The summed E-state index contributed by atoms with van der Waals surface area (Å²) in [5.74, 6) is 1.02. The van der Waals surface area contributed by atoms with Gasteiger partial charge in [-0.25, -0.2) is 4.39 Å². The third-order valence-corrected chi connectivity index (χ3v) is 3.54. The second kappa shape index (κ2) is 6.78. The van der Waals surface area contributed by atoms with Crippen molar-refractivity contribution in [3.05, 3.63) is 58.6 Å². The predicted molar refractivity (Wildman–Crippen MR) is 84.7 cm³/mol. The molecule has 3 rings (SSSR count). The molecular weight excluding hydrogens is 367 g/mol. The highest BCUT2D eigenvalue weighted by Gasteiger charge is 2.11. The van der Waals surface area contributed by atoms with Crippen molar-refractivity contribution in [2.24, 2.45) is 0 Å². The van der Waals surface area contributed by atoms with E-state index in [2.05, 4.69) is 26.1 Å². The first kappa shape index (κ1) is 15.5. The van der Waals surface area contributed by atoms with Gasteiger partial charge in [0.2, 0.25) is 5.89 Å². The van der Waals surface area contributed by atoms with E-state index in [0.717, 1.165) is 11.3 Å². The van der Waals surface area contributed by atoms with Crippen LogP contribution in [-0.2, 0) is 6.61 Å². The number of methoxy groups -OCH3 is 1. The van der Waals surface area contributed by atoms with Gasteiger partial charge in [-0.15, -0.1) is 10.2 Å². The quantitative estimate of drug-likeness (QED) is 0.664. The highest BCUT2D eigenvalue weighted by atomic mass is 79.9. The summed E-state index contributed by atoms with van der Waals surface area (Å²) >= 11 is 3.19. The van der Waals surface area contributed by atoms with Crippen molar-refractivity contribution in [3.63, 3.8) is 0 Å². The maximum atomic E-state index is 13.7. The molecule has 118 valence electrons. The SMILES string of the molecule is COc1ccc(-c2nnc(COc3ccc(Br)cc3F)o2)cc1. The molecule has 2 aromatic carbocycles. The molecular formula is C16H12BrFN2O3. The van der Waals surface area contributed by atoms with E-state index in [9.17, 15) is 4.39 Å². The summed E-state index contributed by atoms with van der Waals surface area (Å²) in [6.45, 7) is -0.0122. The highest BCUT2D eigenvalue weighted by molar-refractivity contribution is 9.10. The molecule has 0 bridgehead atoms. The average Bonchev–Trinajstić information content (AvgIpc) is 3.03. The number of aromatic nitrogens is 2. The van der Waals surface area contributed by atoms with E-state index in [1.807, 2.05) is 12.1 Å². The van der Waals surface area contributed by atoms with Gasteiger partial charge in [0.15, 0.2) is 18.2 Å². The van der Waals surface area contributed by atoms with Gasteiger partial charge < -0.3 is 13.9 Å². The van der Waals surface area contributed by atoms with Crippen molar-refractivity contribution in [1.82, 2.24) is 10.2 Å². The largest absolute Gasteiger partial charge is 0.497 e. The van der Waals surface area contributed by atoms with Crippen LogP contribution < -0.4 is 9.47 Å². The lowest BCUT2D eigenvalue weighted by Gasteiger charge is -2.04. The molecule has 1 heterocycles. The van der Waals surface area contributed by atoms with Crippen molar-refractivity contribution in [1.29, 1.82) is 0 Å². The van der Waals surface area contributed by atoms with Crippen LogP contribution in [0.25, 0.3) is 11.5 Å². The number of ether oxygens (including phenoxy) is 2. The Morgan fingerprint density at radius 2 is 1.91 bits per heavy atom. The zero-order chi connectivity index (χ0) is 16.2. The van der Waals surface area contributed by atoms with Crippen LogP contribution in [0.3, 0.4) is 0 Å². The lowest BCUT2D eigenvalue weighted by atomic mass is 10.2. The minimum absolute atomic E-state index is 0.0122. The van der Waals surface area contributed by atoms with Gasteiger partial charge in [-0.1, -0.05) is 15.9 Å². The Bertz CT molecular complexity index is 805. The fourth-order valence-corrected chi connectivity index (χ4v) is 2.23. The van der Waals surface area contributed by atoms with E-state index in [-0.39, 0.29) is 18.2 Å². The Labute approximate surface area is 140 Å². The van der Waals surface area contributed by atoms with Crippen LogP contribution >= 0.6 is 15.9 Å². The van der Waals surface area contributed by atoms with Gasteiger partial charge in [-0.3, -0.25) is 0 Å². The lowest BCUT2D eigenvalue weighted by Crippen LogP contribution is -1.97. The topological polar surface area (TPSA) is 57.4 Å². The minimum Gasteiger partial charge on any atom is -0.497 e. The molecule has 3 aromatic rings. The van der Waals surface area contributed by atoms with Gasteiger partial charge >= 0.3 is 0 Å². The maximum Gasteiger partial charge on any atom is 0.254 e. The van der Waals surface area contributed by atoms with Crippen LogP contribution in [0.2, 0.25) is 0 Å². The Morgan fingerprint density at radius 1 is 1.13 bits per heavy atom. The Kier molecular flexibility index (Phi) is 4.57. The van der Waals surface area contributed by atoms with E-state index in [1.165, 1.54) is 12.1 Å². The van der Waals surface area contributed by atoms with Gasteiger partial charge in [0.1, 0.15) is 5.75 Å². The molecule has 0 saturated heterocycles. The van der Waals surface area contributed by atoms with Gasteiger partial charge in [-0.2, -0.15) is 0 Å². The fraction of sp³-hybridized carbons (Fsp3) is 0.125. The maximum absolute atomic E-state index is 13.7. The summed E-state index contributed by atoms with van der Waals surface area (Å²) in [4.78, 5) is 0. The molecule has 0 spiro atoms.